The fraction of sp³-hybridized carbons (Fsp3) is 0.581. The van der Waals surface area contributed by atoms with Gasteiger partial charge in [-0.25, -0.2) is 0 Å². The van der Waals surface area contributed by atoms with Crippen molar-refractivity contribution in [3.05, 3.63) is 65.7 Å². The zero-order valence-corrected chi connectivity index (χ0v) is 21.2. The van der Waals surface area contributed by atoms with Gasteiger partial charge >= 0.3 is 5.97 Å². The van der Waals surface area contributed by atoms with Crippen LogP contribution in [0, 0.1) is 0 Å². The Morgan fingerprint density at radius 3 is 2.21 bits per heavy atom. The van der Waals surface area contributed by atoms with Crippen molar-refractivity contribution in [2.45, 2.75) is 115 Å². The molecule has 2 atom stereocenters. The van der Waals surface area contributed by atoms with Gasteiger partial charge in [-0.15, -0.1) is 0 Å². The smallest absolute Gasteiger partial charge is 0.306 e. The average molecular weight is 465 g/mol. The molecular weight excluding hydrogens is 420 g/mol. The molecule has 0 aromatic heterocycles. The van der Waals surface area contributed by atoms with Crippen LogP contribution in [0.3, 0.4) is 0 Å². The van der Waals surface area contributed by atoms with E-state index >= 15 is 0 Å². The first-order valence-corrected chi connectivity index (χ1v) is 13.7. The van der Waals surface area contributed by atoms with Gasteiger partial charge in [0.25, 0.3) is 0 Å². The number of benzene rings is 2. The summed E-state index contributed by atoms with van der Waals surface area (Å²) in [6, 6.07) is 18.6. The highest BCUT2D eigenvalue weighted by Gasteiger charge is 2.31. The van der Waals surface area contributed by atoms with Crippen LogP contribution in [0.2, 0.25) is 0 Å². The Bertz CT molecular complexity index is 816. The first-order valence-electron chi connectivity index (χ1n) is 13.7. The zero-order valence-electron chi connectivity index (χ0n) is 21.2. The lowest BCUT2D eigenvalue weighted by molar-refractivity contribution is -0.151. The van der Waals surface area contributed by atoms with Gasteiger partial charge in [-0.1, -0.05) is 113 Å². The highest BCUT2D eigenvalue weighted by atomic mass is 16.5. The van der Waals surface area contributed by atoms with Crippen molar-refractivity contribution in [2.75, 3.05) is 0 Å². The SMILES string of the molecule is CCCCCCCCCCCC(=O)O[C@H]1CCCC[C@@H]1c1ccccc1OCc1ccccc1. The topological polar surface area (TPSA) is 35.5 Å². The van der Waals surface area contributed by atoms with Crippen molar-refractivity contribution < 1.29 is 14.3 Å². The van der Waals surface area contributed by atoms with Gasteiger partial charge in [0, 0.05) is 17.9 Å². The van der Waals surface area contributed by atoms with Crippen LogP contribution >= 0.6 is 0 Å². The molecule has 186 valence electrons. The first kappa shape index (κ1) is 26.3. The number of para-hydroxylation sites is 1. The number of unbranched alkanes of at least 4 members (excludes halogenated alkanes) is 8. The lowest BCUT2D eigenvalue weighted by atomic mass is 9.81. The molecule has 2 aromatic rings. The molecule has 34 heavy (non-hydrogen) atoms. The lowest BCUT2D eigenvalue weighted by Crippen LogP contribution is -2.29. The van der Waals surface area contributed by atoms with E-state index in [1.54, 1.807) is 0 Å². The minimum Gasteiger partial charge on any atom is -0.489 e. The number of esters is 1. The third-order valence-corrected chi connectivity index (χ3v) is 7.03. The summed E-state index contributed by atoms with van der Waals surface area (Å²) in [6.07, 6.45) is 16.1. The predicted molar refractivity (Wildman–Crippen MR) is 140 cm³/mol. The second-order valence-corrected chi connectivity index (χ2v) is 9.81. The van der Waals surface area contributed by atoms with E-state index < -0.39 is 0 Å². The quantitative estimate of drug-likeness (QED) is 0.195. The van der Waals surface area contributed by atoms with Crippen molar-refractivity contribution >= 4 is 5.97 Å². The van der Waals surface area contributed by atoms with E-state index in [2.05, 4.69) is 31.2 Å². The Hall–Kier alpha value is -2.29. The third-order valence-electron chi connectivity index (χ3n) is 7.03. The van der Waals surface area contributed by atoms with E-state index in [1.165, 1.54) is 56.9 Å². The molecule has 0 bridgehead atoms. The molecule has 2 aromatic carbocycles. The molecule has 0 saturated heterocycles. The predicted octanol–water partition coefficient (Wildman–Crippen LogP) is 8.76. The maximum Gasteiger partial charge on any atom is 0.306 e. The highest BCUT2D eigenvalue weighted by Crippen LogP contribution is 2.39. The molecule has 1 fully saturated rings. The van der Waals surface area contributed by atoms with Crippen LogP contribution in [-0.4, -0.2) is 12.1 Å². The van der Waals surface area contributed by atoms with E-state index in [-0.39, 0.29) is 18.0 Å². The monoisotopic (exact) mass is 464 g/mol. The van der Waals surface area contributed by atoms with E-state index in [0.29, 0.717) is 13.0 Å². The average Bonchev–Trinajstić information content (AvgIpc) is 2.88. The molecule has 0 amide bonds. The molecule has 3 rings (SSSR count). The maximum absolute atomic E-state index is 12.6. The largest absolute Gasteiger partial charge is 0.489 e. The van der Waals surface area contributed by atoms with Gasteiger partial charge in [0.05, 0.1) is 0 Å². The van der Waals surface area contributed by atoms with Crippen LogP contribution in [-0.2, 0) is 16.1 Å². The normalized spacial score (nSPS) is 17.9. The summed E-state index contributed by atoms with van der Waals surface area (Å²) in [5.74, 6) is 1.11. The Kier molecular flexibility index (Phi) is 12.1. The molecular formula is C31H44O3. The minimum absolute atomic E-state index is 0.0254. The fourth-order valence-electron chi connectivity index (χ4n) is 5.06. The van der Waals surface area contributed by atoms with E-state index in [1.807, 2.05) is 30.3 Å². The Labute approximate surface area is 207 Å². The van der Waals surface area contributed by atoms with Gasteiger partial charge < -0.3 is 9.47 Å². The number of hydrogen-bond acceptors (Lipinski definition) is 3. The molecule has 0 radical (unpaired) electrons. The van der Waals surface area contributed by atoms with Crippen LogP contribution in [0.1, 0.15) is 114 Å². The van der Waals surface area contributed by atoms with Crippen LogP contribution < -0.4 is 4.74 Å². The van der Waals surface area contributed by atoms with E-state index in [0.717, 1.165) is 43.4 Å². The van der Waals surface area contributed by atoms with Crippen LogP contribution in [0.5, 0.6) is 5.75 Å². The summed E-state index contributed by atoms with van der Waals surface area (Å²) in [7, 11) is 0. The lowest BCUT2D eigenvalue weighted by Gasteiger charge is -2.32. The van der Waals surface area contributed by atoms with Crippen molar-refractivity contribution in [3.63, 3.8) is 0 Å². The summed E-state index contributed by atoms with van der Waals surface area (Å²) in [6.45, 7) is 2.81. The number of rotatable bonds is 15. The summed E-state index contributed by atoms with van der Waals surface area (Å²) in [4.78, 5) is 12.6. The molecule has 1 saturated carbocycles. The molecule has 0 heterocycles. The van der Waals surface area contributed by atoms with Crippen molar-refractivity contribution in [3.8, 4) is 5.75 Å². The van der Waals surface area contributed by atoms with Gasteiger partial charge in [-0.05, 0) is 37.3 Å². The Balaban J connectivity index is 1.45. The van der Waals surface area contributed by atoms with Crippen molar-refractivity contribution in [1.29, 1.82) is 0 Å². The van der Waals surface area contributed by atoms with Crippen molar-refractivity contribution in [2.24, 2.45) is 0 Å². The maximum atomic E-state index is 12.6. The molecule has 0 unspecified atom stereocenters. The molecule has 3 nitrogen and oxygen atoms in total. The zero-order chi connectivity index (χ0) is 23.8. The van der Waals surface area contributed by atoms with Crippen LogP contribution in [0.25, 0.3) is 0 Å². The third kappa shape index (κ3) is 9.16. The Morgan fingerprint density at radius 1 is 0.794 bits per heavy atom. The Morgan fingerprint density at radius 2 is 1.44 bits per heavy atom. The number of carbonyl (C=O) groups is 1. The fourth-order valence-corrected chi connectivity index (χ4v) is 5.06. The molecule has 0 spiro atoms. The van der Waals surface area contributed by atoms with Gasteiger partial charge in [-0.2, -0.15) is 0 Å². The van der Waals surface area contributed by atoms with Gasteiger partial charge in [0.1, 0.15) is 18.5 Å². The highest BCUT2D eigenvalue weighted by molar-refractivity contribution is 5.69. The molecule has 1 aliphatic carbocycles. The van der Waals surface area contributed by atoms with Crippen LogP contribution in [0.15, 0.2) is 54.6 Å². The van der Waals surface area contributed by atoms with Gasteiger partial charge in [0.15, 0.2) is 0 Å². The summed E-state index contributed by atoms with van der Waals surface area (Å²) in [5.41, 5.74) is 2.34. The van der Waals surface area contributed by atoms with Crippen molar-refractivity contribution in [1.82, 2.24) is 0 Å². The second kappa shape index (κ2) is 15.6. The first-order chi connectivity index (χ1) is 16.8. The van der Waals surface area contributed by atoms with Gasteiger partial charge in [0.2, 0.25) is 0 Å². The summed E-state index contributed by atoms with van der Waals surface area (Å²) >= 11 is 0. The molecule has 3 heteroatoms. The van der Waals surface area contributed by atoms with Crippen LogP contribution in [0.4, 0.5) is 0 Å². The number of carbonyl (C=O) groups excluding carboxylic acids is 1. The summed E-state index contributed by atoms with van der Waals surface area (Å²) in [5, 5.41) is 0. The standard InChI is InChI=1S/C31H44O3/c1-2-3-4-5-6-7-8-9-13-24-31(32)34-30-23-17-15-21-28(30)27-20-14-16-22-29(27)33-25-26-18-11-10-12-19-26/h10-12,14,16,18-20,22,28,30H,2-9,13,15,17,21,23-25H2,1H3/t28-,30+/m1/s1. The summed E-state index contributed by atoms with van der Waals surface area (Å²) < 4.78 is 12.3. The number of ether oxygens (including phenoxy) is 2. The molecule has 0 aliphatic heterocycles. The second-order valence-electron chi connectivity index (χ2n) is 9.81. The molecule has 0 N–H and O–H groups in total. The minimum atomic E-state index is -0.0405. The number of hydrogen-bond donors (Lipinski definition) is 0. The van der Waals surface area contributed by atoms with E-state index in [9.17, 15) is 4.79 Å². The van der Waals surface area contributed by atoms with Gasteiger partial charge in [-0.3, -0.25) is 4.79 Å². The van der Waals surface area contributed by atoms with E-state index in [4.69, 9.17) is 9.47 Å². The molecule has 1 aliphatic rings.